The maximum absolute atomic E-state index is 10.8. The Morgan fingerprint density at radius 2 is 1.84 bits per heavy atom. The van der Waals surface area contributed by atoms with Crippen LogP contribution in [0.2, 0.25) is 0 Å². The quantitative estimate of drug-likeness (QED) is 0.262. The van der Waals surface area contributed by atoms with E-state index in [9.17, 15) is 8.42 Å². The van der Waals surface area contributed by atoms with Gasteiger partial charge in [-0.1, -0.05) is 0 Å². The van der Waals surface area contributed by atoms with Crippen LogP contribution < -0.4 is 26.6 Å². The van der Waals surface area contributed by atoms with Gasteiger partial charge in [-0.2, -0.15) is 15.0 Å². The van der Waals surface area contributed by atoms with Crippen molar-refractivity contribution >= 4 is 27.9 Å². The summed E-state index contributed by atoms with van der Waals surface area (Å²) in [6.07, 6.45) is 0.354. The smallest absolute Gasteiger partial charge is 0.243 e. The Hall–Kier alpha value is -1.72. The number of primary sulfonamides is 1. The van der Waals surface area contributed by atoms with Gasteiger partial charge >= 0.3 is 0 Å². The number of aromatic nitrogens is 3. The van der Waals surface area contributed by atoms with Crippen molar-refractivity contribution in [1.29, 1.82) is 0 Å². The van der Waals surface area contributed by atoms with E-state index in [2.05, 4.69) is 25.7 Å². The number of nitrogens with two attached hydrogens (primary N) is 2. The average Bonchev–Trinajstić information content (AvgIpc) is 2.33. The van der Waals surface area contributed by atoms with E-state index < -0.39 is 10.0 Å². The van der Waals surface area contributed by atoms with Gasteiger partial charge in [-0.3, -0.25) is 5.43 Å². The zero-order valence-corrected chi connectivity index (χ0v) is 11.6. The average molecular weight is 290 g/mol. The van der Waals surface area contributed by atoms with E-state index in [-0.39, 0.29) is 11.7 Å². The van der Waals surface area contributed by atoms with Gasteiger partial charge in [-0.25, -0.2) is 19.4 Å². The Labute approximate surface area is 111 Å². The van der Waals surface area contributed by atoms with Crippen molar-refractivity contribution in [2.24, 2.45) is 11.0 Å². The van der Waals surface area contributed by atoms with Crippen molar-refractivity contribution in [1.82, 2.24) is 15.0 Å². The third-order valence-electron chi connectivity index (χ3n) is 2.04. The second-order valence-corrected chi connectivity index (χ2v) is 5.70. The van der Waals surface area contributed by atoms with E-state index in [0.717, 1.165) is 0 Å². The summed E-state index contributed by atoms with van der Waals surface area (Å²) >= 11 is 0. The summed E-state index contributed by atoms with van der Waals surface area (Å²) in [5.41, 5.74) is 2.33. The van der Waals surface area contributed by atoms with Gasteiger partial charge in [0.15, 0.2) is 0 Å². The molecule has 0 bridgehead atoms. The summed E-state index contributed by atoms with van der Waals surface area (Å²) in [6.45, 7) is 0.372. The first-order valence-electron chi connectivity index (χ1n) is 5.46. The standard InChI is InChI=1S/C8H18N8O2S/c1-16(2)8-13-6(12-7(14-8)15-9)11-4-3-5-19(10,17)18/h3-5,9H2,1-2H3,(H2,10,17,18)(H2,11,12,13,14,15). The lowest BCUT2D eigenvalue weighted by Gasteiger charge is -2.13. The number of rotatable bonds is 7. The van der Waals surface area contributed by atoms with Gasteiger partial charge in [0, 0.05) is 20.6 Å². The van der Waals surface area contributed by atoms with E-state index in [1.165, 1.54) is 0 Å². The van der Waals surface area contributed by atoms with E-state index >= 15 is 0 Å². The van der Waals surface area contributed by atoms with E-state index in [4.69, 9.17) is 11.0 Å². The summed E-state index contributed by atoms with van der Waals surface area (Å²) in [6, 6.07) is 0. The predicted molar refractivity (Wildman–Crippen MR) is 73.0 cm³/mol. The van der Waals surface area contributed by atoms with Gasteiger partial charge in [-0.15, -0.1) is 0 Å². The highest BCUT2D eigenvalue weighted by molar-refractivity contribution is 7.89. The number of sulfonamides is 1. The Bertz CT molecular complexity index is 517. The van der Waals surface area contributed by atoms with Gasteiger partial charge in [0.1, 0.15) is 0 Å². The second kappa shape index (κ2) is 6.45. The third kappa shape index (κ3) is 5.63. The molecule has 6 N–H and O–H groups in total. The van der Waals surface area contributed by atoms with Crippen LogP contribution in [0.25, 0.3) is 0 Å². The Kier molecular flexibility index (Phi) is 5.20. The number of hydrogen-bond acceptors (Lipinski definition) is 9. The molecule has 0 saturated carbocycles. The van der Waals surface area contributed by atoms with Crippen LogP contribution in [0.1, 0.15) is 6.42 Å². The van der Waals surface area contributed by atoms with Gasteiger partial charge in [0.25, 0.3) is 0 Å². The normalized spacial score (nSPS) is 11.2. The molecule has 0 amide bonds. The number of anilines is 3. The van der Waals surface area contributed by atoms with Gasteiger partial charge in [-0.05, 0) is 6.42 Å². The molecule has 1 rings (SSSR count). The van der Waals surface area contributed by atoms with Gasteiger partial charge in [0.2, 0.25) is 27.9 Å². The fourth-order valence-electron chi connectivity index (χ4n) is 1.18. The van der Waals surface area contributed by atoms with E-state index in [1.807, 2.05) is 0 Å². The van der Waals surface area contributed by atoms with Crippen LogP contribution in [0, 0.1) is 0 Å². The van der Waals surface area contributed by atoms with E-state index in [1.54, 1.807) is 19.0 Å². The molecule has 1 aromatic rings. The minimum atomic E-state index is -3.45. The Balaban J connectivity index is 2.65. The van der Waals surface area contributed by atoms with Gasteiger partial charge in [0.05, 0.1) is 5.75 Å². The molecule has 0 aliphatic heterocycles. The van der Waals surface area contributed by atoms with Crippen LogP contribution in [-0.2, 0) is 10.0 Å². The topological polar surface area (TPSA) is 152 Å². The van der Waals surface area contributed by atoms with E-state index in [0.29, 0.717) is 24.9 Å². The van der Waals surface area contributed by atoms with Crippen molar-refractivity contribution in [2.75, 3.05) is 42.0 Å². The number of hydrazine groups is 1. The molecule has 0 spiro atoms. The summed E-state index contributed by atoms with van der Waals surface area (Å²) in [5.74, 6) is 6.10. The number of nitrogens with zero attached hydrogens (tertiary/aromatic N) is 4. The maximum Gasteiger partial charge on any atom is 0.243 e. The molecule has 10 nitrogen and oxygen atoms in total. The lowest BCUT2D eigenvalue weighted by Crippen LogP contribution is -2.21. The number of nitrogens with one attached hydrogen (secondary N) is 2. The largest absolute Gasteiger partial charge is 0.354 e. The molecule has 0 fully saturated rings. The Morgan fingerprint density at radius 1 is 1.21 bits per heavy atom. The highest BCUT2D eigenvalue weighted by Crippen LogP contribution is 2.10. The minimum absolute atomic E-state index is 0.104. The second-order valence-electron chi connectivity index (χ2n) is 3.97. The fraction of sp³-hybridized carbons (Fsp3) is 0.625. The molecule has 0 aliphatic carbocycles. The van der Waals surface area contributed by atoms with Crippen LogP contribution >= 0.6 is 0 Å². The van der Waals surface area contributed by atoms with Crippen molar-refractivity contribution in [3.05, 3.63) is 0 Å². The highest BCUT2D eigenvalue weighted by Gasteiger charge is 2.07. The summed E-state index contributed by atoms with van der Waals surface area (Å²) in [7, 11) is 0.110. The molecule has 108 valence electrons. The molecule has 11 heteroatoms. The first-order valence-corrected chi connectivity index (χ1v) is 7.18. The molecule has 0 radical (unpaired) electrons. The number of hydrogen-bond donors (Lipinski definition) is 4. The molecule has 0 unspecified atom stereocenters. The summed E-state index contributed by atoms with van der Waals surface area (Å²) in [5, 5.41) is 7.78. The first-order chi connectivity index (χ1) is 8.81. The van der Waals surface area contributed by atoms with Crippen molar-refractivity contribution in [3.63, 3.8) is 0 Å². The van der Waals surface area contributed by atoms with Crippen molar-refractivity contribution in [2.45, 2.75) is 6.42 Å². The molecular formula is C8H18N8O2S. The molecule has 1 aromatic heterocycles. The van der Waals surface area contributed by atoms with Crippen molar-refractivity contribution in [3.8, 4) is 0 Å². The zero-order chi connectivity index (χ0) is 14.5. The molecule has 0 atom stereocenters. The van der Waals surface area contributed by atoms with Crippen LogP contribution in [-0.4, -0.2) is 49.8 Å². The zero-order valence-electron chi connectivity index (χ0n) is 10.8. The van der Waals surface area contributed by atoms with Crippen LogP contribution in [0.3, 0.4) is 0 Å². The molecule has 1 heterocycles. The molecular weight excluding hydrogens is 272 g/mol. The molecule has 0 aromatic carbocycles. The third-order valence-corrected chi connectivity index (χ3v) is 2.90. The number of nitrogen functional groups attached to an aromatic ring is 1. The first kappa shape index (κ1) is 15.3. The van der Waals surface area contributed by atoms with Crippen LogP contribution in [0.4, 0.5) is 17.8 Å². The fourth-order valence-corrected chi connectivity index (χ4v) is 1.73. The van der Waals surface area contributed by atoms with Crippen molar-refractivity contribution < 1.29 is 8.42 Å². The van der Waals surface area contributed by atoms with Crippen LogP contribution in [0.5, 0.6) is 0 Å². The minimum Gasteiger partial charge on any atom is -0.354 e. The van der Waals surface area contributed by atoms with Crippen LogP contribution in [0.15, 0.2) is 0 Å². The summed E-state index contributed by atoms with van der Waals surface area (Å²) in [4.78, 5) is 13.8. The predicted octanol–water partition coefficient (Wildman–Crippen LogP) is -1.69. The molecule has 0 aliphatic rings. The monoisotopic (exact) mass is 290 g/mol. The summed E-state index contributed by atoms with van der Waals surface area (Å²) < 4.78 is 21.5. The lowest BCUT2D eigenvalue weighted by molar-refractivity contribution is 0.595. The molecule has 0 saturated heterocycles. The highest BCUT2D eigenvalue weighted by atomic mass is 32.2. The van der Waals surface area contributed by atoms with Gasteiger partial charge < -0.3 is 10.2 Å². The SMILES string of the molecule is CN(C)c1nc(NN)nc(NCCCS(N)(=O)=O)n1. The molecule has 19 heavy (non-hydrogen) atoms. The Morgan fingerprint density at radius 3 is 2.37 bits per heavy atom. The lowest BCUT2D eigenvalue weighted by atomic mass is 10.5. The maximum atomic E-state index is 10.8.